The van der Waals surface area contributed by atoms with Gasteiger partial charge in [-0.2, -0.15) is 8.42 Å². The van der Waals surface area contributed by atoms with Crippen molar-refractivity contribution < 1.29 is 42.1 Å². The number of aryl methyl sites for hydroxylation is 1. The van der Waals surface area contributed by atoms with Crippen LogP contribution in [0.1, 0.15) is 99.5 Å². The van der Waals surface area contributed by atoms with Gasteiger partial charge in [0, 0.05) is 13.7 Å². The Morgan fingerprint density at radius 3 is 1.65 bits per heavy atom. The van der Waals surface area contributed by atoms with Gasteiger partial charge in [0.15, 0.2) is 6.29 Å². The van der Waals surface area contributed by atoms with Gasteiger partial charge in [0.05, 0.1) is 44.5 Å². The minimum Gasteiger partial charge on any atom is -0.400 e. The molecule has 49 heavy (non-hydrogen) atoms. The number of aliphatic hydroxyl groups is 2. The van der Waals surface area contributed by atoms with E-state index in [1.54, 1.807) is 12.1 Å². The minimum atomic E-state index is -4.02. The predicted octanol–water partition coefficient (Wildman–Crippen LogP) is 7.82. The molecule has 4 rings (SSSR count). The van der Waals surface area contributed by atoms with Crippen LogP contribution in [0, 0.1) is 6.92 Å². The highest BCUT2D eigenvalue weighted by atomic mass is 32.2. The van der Waals surface area contributed by atoms with E-state index in [4.69, 9.17) is 33.7 Å². The molecule has 10 heteroatoms. The van der Waals surface area contributed by atoms with Crippen LogP contribution < -0.4 is 0 Å². The van der Waals surface area contributed by atoms with Crippen molar-refractivity contribution in [2.75, 3.05) is 40.1 Å². The van der Waals surface area contributed by atoms with Crippen LogP contribution in [-0.4, -0.2) is 69.6 Å². The van der Waals surface area contributed by atoms with Crippen molar-refractivity contribution in [1.82, 2.24) is 0 Å². The molecule has 0 aliphatic carbocycles. The first kappa shape index (κ1) is 44.4. The van der Waals surface area contributed by atoms with Crippen molar-refractivity contribution in [2.24, 2.45) is 0 Å². The van der Waals surface area contributed by atoms with Crippen molar-refractivity contribution in [3.63, 3.8) is 0 Å². The van der Waals surface area contributed by atoms with Gasteiger partial charge in [0.1, 0.15) is 0 Å². The standard InChI is InChI=1S/C18H28O3.C13H20O2.C7H8O3S.CH4O/c1-3-15(2)17-9-7-16(8-10-17)14-19-12-13-21-18-6-4-5-11-20-18;1-3-11(2)13-6-4-12(5-7-13)10-15-9-8-14;1-6-2-4-7(5-3-6)11(8,9)10;1-2/h7-10,15,18H,3-6,11-14H2,1-2H3;4-7,11,14H,3,8-10H2,1-2H3;2-5H,1H3,(H,8,9,10);2H,1H3. The topological polar surface area (TPSA) is 132 Å². The zero-order valence-electron chi connectivity index (χ0n) is 30.3. The Balaban J connectivity index is 0.000000377. The molecule has 1 aliphatic rings. The van der Waals surface area contributed by atoms with E-state index in [1.165, 1.54) is 48.1 Å². The maximum Gasteiger partial charge on any atom is 0.294 e. The zero-order valence-corrected chi connectivity index (χ0v) is 31.2. The third-order valence-electron chi connectivity index (χ3n) is 8.08. The summed E-state index contributed by atoms with van der Waals surface area (Å²) in [6.45, 7) is 14.5. The van der Waals surface area contributed by atoms with Gasteiger partial charge in [-0.3, -0.25) is 4.55 Å². The summed E-state index contributed by atoms with van der Waals surface area (Å²) in [5.74, 6) is 1.25. The highest BCUT2D eigenvalue weighted by Gasteiger charge is 2.13. The van der Waals surface area contributed by atoms with Crippen LogP contribution in [0.25, 0.3) is 0 Å². The molecule has 0 radical (unpaired) electrons. The summed E-state index contributed by atoms with van der Waals surface area (Å²) < 4.78 is 51.6. The smallest absolute Gasteiger partial charge is 0.294 e. The normalized spacial score (nSPS) is 15.3. The highest BCUT2D eigenvalue weighted by molar-refractivity contribution is 7.85. The van der Waals surface area contributed by atoms with Gasteiger partial charge in [-0.1, -0.05) is 93.9 Å². The lowest BCUT2D eigenvalue weighted by molar-refractivity contribution is -0.169. The van der Waals surface area contributed by atoms with Crippen LogP contribution in [0.3, 0.4) is 0 Å². The molecule has 0 bridgehead atoms. The first-order chi connectivity index (χ1) is 23.6. The second kappa shape index (κ2) is 26.2. The molecule has 1 fully saturated rings. The predicted molar refractivity (Wildman–Crippen MR) is 195 cm³/mol. The lowest BCUT2D eigenvalue weighted by Gasteiger charge is -2.22. The fourth-order valence-electron chi connectivity index (χ4n) is 4.59. The lowest BCUT2D eigenvalue weighted by atomic mass is 9.98. The van der Waals surface area contributed by atoms with Gasteiger partial charge in [0.25, 0.3) is 10.1 Å². The van der Waals surface area contributed by atoms with Gasteiger partial charge in [-0.05, 0) is 85.3 Å². The summed E-state index contributed by atoms with van der Waals surface area (Å²) in [6.07, 6.45) is 5.70. The summed E-state index contributed by atoms with van der Waals surface area (Å²) in [5, 5.41) is 15.6. The molecule has 0 amide bonds. The fourth-order valence-corrected chi connectivity index (χ4v) is 5.07. The Labute approximate surface area is 295 Å². The van der Waals surface area contributed by atoms with E-state index in [0.717, 1.165) is 37.7 Å². The molecule has 9 nitrogen and oxygen atoms in total. The Hall–Kier alpha value is -2.67. The average molecular weight is 705 g/mol. The molecule has 0 spiro atoms. The maximum absolute atomic E-state index is 10.5. The summed E-state index contributed by atoms with van der Waals surface area (Å²) in [6, 6.07) is 23.2. The average Bonchev–Trinajstić information content (AvgIpc) is 3.13. The first-order valence-corrected chi connectivity index (χ1v) is 18.7. The maximum atomic E-state index is 10.5. The van der Waals surface area contributed by atoms with Crippen molar-refractivity contribution >= 4 is 10.1 Å². The first-order valence-electron chi connectivity index (χ1n) is 17.2. The Morgan fingerprint density at radius 2 is 1.24 bits per heavy atom. The van der Waals surface area contributed by atoms with Crippen LogP contribution in [0.5, 0.6) is 0 Å². The Morgan fingerprint density at radius 1 is 0.755 bits per heavy atom. The van der Waals surface area contributed by atoms with Gasteiger partial charge >= 0.3 is 0 Å². The summed E-state index contributed by atoms with van der Waals surface area (Å²) in [4.78, 5) is -0.0666. The van der Waals surface area contributed by atoms with Crippen molar-refractivity contribution in [1.29, 1.82) is 0 Å². The van der Waals surface area contributed by atoms with E-state index in [-0.39, 0.29) is 17.8 Å². The number of ether oxygens (including phenoxy) is 4. The number of rotatable bonds is 15. The Bertz CT molecular complexity index is 1320. The molecule has 3 atom stereocenters. The fraction of sp³-hybridized carbons (Fsp3) is 0.538. The quantitative estimate of drug-likeness (QED) is 0.107. The number of hydrogen-bond donors (Lipinski definition) is 3. The highest BCUT2D eigenvalue weighted by Crippen LogP contribution is 2.20. The molecule has 0 saturated carbocycles. The largest absolute Gasteiger partial charge is 0.400 e. The van der Waals surface area contributed by atoms with Gasteiger partial charge in [0.2, 0.25) is 0 Å². The van der Waals surface area contributed by atoms with Crippen LogP contribution in [0.15, 0.2) is 77.7 Å². The number of benzene rings is 3. The van der Waals surface area contributed by atoms with Crippen LogP contribution in [0.4, 0.5) is 0 Å². The third-order valence-corrected chi connectivity index (χ3v) is 8.95. The van der Waals surface area contributed by atoms with E-state index in [9.17, 15) is 8.42 Å². The van der Waals surface area contributed by atoms with Crippen molar-refractivity contribution in [2.45, 2.75) is 103 Å². The van der Waals surface area contributed by atoms with Crippen molar-refractivity contribution in [3.8, 4) is 0 Å². The molecule has 0 aromatic heterocycles. The molecule has 1 heterocycles. The van der Waals surface area contributed by atoms with E-state index < -0.39 is 10.1 Å². The second-order valence-corrected chi connectivity index (χ2v) is 13.3. The van der Waals surface area contributed by atoms with E-state index >= 15 is 0 Å². The number of hydrogen-bond acceptors (Lipinski definition) is 8. The SMILES string of the molecule is CCC(C)c1ccc(COCCO)cc1.CCC(C)c1ccc(COCCOC2CCCCO2)cc1.CO.Cc1ccc(S(=O)(=O)O)cc1. The monoisotopic (exact) mass is 704 g/mol. The van der Waals surface area contributed by atoms with E-state index in [1.807, 2.05) is 6.92 Å². The molecular formula is C39H60O9S. The summed E-state index contributed by atoms with van der Waals surface area (Å²) >= 11 is 0. The van der Waals surface area contributed by atoms with Gasteiger partial charge in [-0.15, -0.1) is 0 Å². The third kappa shape index (κ3) is 19.3. The van der Waals surface area contributed by atoms with Crippen LogP contribution in [-0.2, 0) is 42.3 Å². The Kier molecular flexibility index (Phi) is 23.7. The van der Waals surface area contributed by atoms with Crippen LogP contribution >= 0.6 is 0 Å². The zero-order chi connectivity index (χ0) is 36.5. The molecule has 3 aromatic carbocycles. The molecule has 3 aromatic rings. The molecule has 3 unspecified atom stereocenters. The van der Waals surface area contributed by atoms with E-state index in [2.05, 4.69) is 76.2 Å². The molecule has 1 saturated heterocycles. The summed E-state index contributed by atoms with van der Waals surface area (Å²) in [5.41, 5.74) is 6.12. The molecule has 3 N–H and O–H groups in total. The second-order valence-electron chi connectivity index (χ2n) is 11.9. The number of aliphatic hydroxyl groups excluding tert-OH is 2. The van der Waals surface area contributed by atoms with Crippen LogP contribution in [0.2, 0.25) is 0 Å². The van der Waals surface area contributed by atoms with Crippen molar-refractivity contribution in [3.05, 3.63) is 101 Å². The summed E-state index contributed by atoms with van der Waals surface area (Å²) in [7, 11) is -3.02. The van der Waals surface area contributed by atoms with Gasteiger partial charge < -0.3 is 29.2 Å². The minimum absolute atomic E-state index is 0.0165. The molecular weight excluding hydrogens is 644 g/mol. The molecule has 1 aliphatic heterocycles. The lowest BCUT2D eigenvalue weighted by Crippen LogP contribution is -2.23. The van der Waals surface area contributed by atoms with Gasteiger partial charge in [-0.25, -0.2) is 0 Å². The molecule has 276 valence electrons. The van der Waals surface area contributed by atoms with E-state index in [0.29, 0.717) is 44.9 Å².